The van der Waals surface area contributed by atoms with Crippen molar-refractivity contribution in [3.63, 3.8) is 0 Å². The second-order valence-corrected chi connectivity index (χ2v) is 9.93. The van der Waals surface area contributed by atoms with Gasteiger partial charge >= 0.3 is 0 Å². The molecule has 202 valence electrons. The molecule has 7 nitrogen and oxygen atoms in total. The molecule has 0 spiro atoms. The minimum Gasteiger partial charge on any atom is -0.497 e. The van der Waals surface area contributed by atoms with Gasteiger partial charge in [-0.1, -0.05) is 48.5 Å². The summed E-state index contributed by atoms with van der Waals surface area (Å²) in [6.07, 6.45) is 2.36. The molecule has 1 amide bonds. The SMILES string of the molecule is COc1ccc(/C=C2/CN(Cc3ccc(OC)cc3OC)C3=NC(c4ccc5ccccc5c4)CC(=O)N32)cc1. The lowest BCUT2D eigenvalue weighted by molar-refractivity contribution is -0.126. The van der Waals surface area contributed by atoms with E-state index in [1.807, 2.05) is 54.6 Å². The van der Waals surface area contributed by atoms with Crippen LogP contribution < -0.4 is 14.2 Å². The van der Waals surface area contributed by atoms with Crippen molar-refractivity contribution in [2.24, 2.45) is 4.99 Å². The van der Waals surface area contributed by atoms with Crippen LogP contribution in [0.2, 0.25) is 0 Å². The van der Waals surface area contributed by atoms with Crippen LogP contribution in [0.1, 0.15) is 29.2 Å². The van der Waals surface area contributed by atoms with Crippen LogP contribution in [-0.4, -0.2) is 49.5 Å². The van der Waals surface area contributed by atoms with Crippen molar-refractivity contribution in [2.75, 3.05) is 27.9 Å². The molecule has 1 saturated heterocycles. The minimum absolute atomic E-state index is 0.0344. The van der Waals surface area contributed by atoms with Crippen molar-refractivity contribution in [3.05, 3.63) is 107 Å². The summed E-state index contributed by atoms with van der Waals surface area (Å²) in [5.41, 5.74) is 3.90. The molecule has 7 heteroatoms. The summed E-state index contributed by atoms with van der Waals surface area (Å²) in [7, 11) is 4.94. The topological polar surface area (TPSA) is 63.6 Å². The second kappa shape index (κ2) is 10.8. The smallest absolute Gasteiger partial charge is 0.236 e. The van der Waals surface area contributed by atoms with E-state index in [-0.39, 0.29) is 11.9 Å². The van der Waals surface area contributed by atoms with Gasteiger partial charge in [-0.3, -0.25) is 9.69 Å². The standard InChI is InChI=1S/C33H31N3O4/c1-38-28-13-8-22(9-14-28)16-27-21-35(20-26-12-15-29(39-2)18-31(26)40-3)33-34-30(19-32(37)36(27)33)25-11-10-23-6-4-5-7-24(23)17-25/h4-18,30H,19-21H2,1-3H3/b27-16-. The summed E-state index contributed by atoms with van der Waals surface area (Å²) in [5, 5.41) is 2.31. The molecule has 2 aliphatic rings. The van der Waals surface area contributed by atoms with Gasteiger partial charge in [-0.25, -0.2) is 4.99 Å². The fourth-order valence-electron chi connectivity index (χ4n) is 5.38. The van der Waals surface area contributed by atoms with Gasteiger partial charge in [0, 0.05) is 23.9 Å². The van der Waals surface area contributed by atoms with Gasteiger partial charge in [0.25, 0.3) is 0 Å². The number of carbonyl (C=O) groups excluding carboxylic acids is 1. The van der Waals surface area contributed by atoms with Gasteiger partial charge in [0.15, 0.2) is 0 Å². The van der Waals surface area contributed by atoms with Gasteiger partial charge in [-0.15, -0.1) is 0 Å². The maximum absolute atomic E-state index is 13.7. The molecule has 2 aliphatic heterocycles. The molecule has 40 heavy (non-hydrogen) atoms. The van der Waals surface area contributed by atoms with E-state index in [0.29, 0.717) is 25.5 Å². The van der Waals surface area contributed by atoms with E-state index in [0.717, 1.165) is 45.0 Å². The molecule has 0 aromatic heterocycles. The molecule has 0 saturated carbocycles. The molecule has 1 unspecified atom stereocenters. The summed E-state index contributed by atoms with van der Waals surface area (Å²) < 4.78 is 16.4. The van der Waals surface area contributed by atoms with Gasteiger partial charge < -0.3 is 19.1 Å². The van der Waals surface area contributed by atoms with Crippen LogP contribution in [0.5, 0.6) is 17.2 Å². The van der Waals surface area contributed by atoms with Crippen molar-refractivity contribution in [3.8, 4) is 17.2 Å². The van der Waals surface area contributed by atoms with E-state index >= 15 is 0 Å². The fraction of sp³-hybridized carbons (Fsp3) is 0.212. The van der Waals surface area contributed by atoms with Gasteiger partial charge in [-0.05, 0) is 58.3 Å². The van der Waals surface area contributed by atoms with Gasteiger partial charge in [0.05, 0.1) is 40.3 Å². The molecule has 6 rings (SSSR count). The Hall–Kier alpha value is -4.78. The summed E-state index contributed by atoms with van der Waals surface area (Å²) in [5.74, 6) is 2.94. The monoisotopic (exact) mass is 533 g/mol. The Labute approximate surface area is 233 Å². The number of benzene rings is 4. The molecule has 0 radical (unpaired) electrons. The third-order valence-corrected chi connectivity index (χ3v) is 7.47. The predicted molar refractivity (Wildman–Crippen MR) is 157 cm³/mol. The number of aliphatic imine (C=N–C) groups is 1. The number of rotatable bonds is 7. The molecule has 0 bridgehead atoms. The Balaban J connectivity index is 1.40. The van der Waals surface area contributed by atoms with Crippen LogP contribution in [0.25, 0.3) is 16.8 Å². The summed E-state index contributed by atoms with van der Waals surface area (Å²) >= 11 is 0. The number of nitrogens with zero attached hydrogens (tertiary/aromatic N) is 3. The number of hydrogen-bond acceptors (Lipinski definition) is 6. The van der Waals surface area contributed by atoms with E-state index in [9.17, 15) is 4.79 Å². The Morgan fingerprint density at radius 2 is 1.60 bits per heavy atom. The lowest BCUT2D eigenvalue weighted by Crippen LogP contribution is -2.41. The van der Waals surface area contributed by atoms with Crippen LogP contribution in [0.3, 0.4) is 0 Å². The molecule has 0 N–H and O–H groups in total. The van der Waals surface area contributed by atoms with Crippen molar-refractivity contribution in [1.82, 2.24) is 9.80 Å². The maximum Gasteiger partial charge on any atom is 0.236 e. The van der Waals surface area contributed by atoms with Crippen molar-refractivity contribution in [2.45, 2.75) is 19.0 Å². The van der Waals surface area contributed by atoms with Gasteiger partial charge in [-0.2, -0.15) is 0 Å². The average molecular weight is 534 g/mol. The Kier molecular flexibility index (Phi) is 6.86. The van der Waals surface area contributed by atoms with Crippen molar-refractivity contribution >= 4 is 28.7 Å². The summed E-state index contributed by atoms with van der Waals surface area (Å²) in [6.45, 7) is 1.07. The zero-order chi connectivity index (χ0) is 27.6. The molecule has 1 atom stereocenters. The van der Waals surface area contributed by atoms with Crippen LogP contribution in [-0.2, 0) is 11.3 Å². The first-order valence-corrected chi connectivity index (χ1v) is 13.3. The lowest BCUT2D eigenvalue weighted by Gasteiger charge is -2.29. The van der Waals surface area contributed by atoms with E-state index in [1.54, 1.807) is 26.2 Å². The number of ether oxygens (including phenoxy) is 3. The highest BCUT2D eigenvalue weighted by molar-refractivity contribution is 6.04. The van der Waals surface area contributed by atoms with Crippen LogP contribution in [0, 0.1) is 0 Å². The van der Waals surface area contributed by atoms with Crippen LogP contribution in [0.15, 0.2) is 95.6 Å². The highest BCUT2D eigenvalue weighted by Crippen LogP contribution is 2.36. The first kappa shape index (κ1) is 25.5. The predicted octanol–water partition coefficient (Wildman–Crippen LogP) is 6.05. The van der Waals surface area contributed by atoms with Crippen molar-refractivity contribution in [1.29, 1.82) is 0 Å². The largest absolute Gasteiger partial charge is 0.497 e. The molecular formula is C33H31N3O4. The zero-order valence-corrected chi connectivity index (χ0v) is 22.8. The first-order chi connectivity index (χ1) is 19.6. The second-order valence-electron chi connectivity index (χ2n) is 9.93. The number of amides is 1. The maximum atomic E-state index is 13.7. The Morgan fingerprint density at radius 3 is 2.35 bits per heavy atom. The number of carbonyl (C=O) groups is 1. The van der Waals surface area contributed by atoms with Crippen LogP contribution >= 0.6 is 0 Å². The molecule has 4 aromatic carbocycles. The Bertz CT molecular complexity index is 1630. The van der Waals surface area contributed by atoms with E-state index < -0.39 is 0 Å². The van der Waals surface area contributed by atoms with E-state index in [1.165, 1.54) is 5.39 Å². The zero-order valence-electron chi connectivity index (χ0n) is 22.8. The summed E-state index contributed by atoms with van der Waals surface area (Å²) in [4.78, 5) is 22.8. The summed E-state index contributed by atoms with van der Waals surface area (Å²) in [6, 6.07) is 27.9. The highest BCUT2D eigenvalue weighted by atomic mass is 16.5. The molecule has 2 heterocycles. The highest BCUT2D eigenvalue weighted by Gasteiger charge is 2.40. The number of hydrogen-bond donors (Lipinski definition) is 0. The third-order valence-electron chi connectivity index (χ3n) is 7.47. The average Bonchev–Trinajstić information content (AvgIpc) is 3.34. The third kappa shape index (κ3) is 4.86. The first-order valence-electron chi connectivity index (χ1n) is 13.3. The molecule has 1 fully saturated rings. The van der Waals surface area contributed by atoms with E-state index in [4.69, 9.17) is 19.2 Å². The molecular weight excluding hydrogens is 502 g/mol. The molecule has 0 aliphatic carbocycles. The lowest BCUT2D eigenvalue weighted by atomic mass is 9.99. The minimum atomic E-state index is -0.260. The van der Waals surface area contributed by atoms with Crippen molar-refractivity contribution < 1.29 is 19.0 Å². The number of methoxy groups -OCH3 is 3. The quantitative estimate of drug-likeness (QED) is 0.289. The van der Waals surface area contributed by atoms with Crippen LogP contribution in [0.4, 0.5) is 0 Å². The fourth-order valence-corrected chi connectivity index (χ4v) is 5.38. The van der Waals surface area contributed by atoms with Gasteiger partial charge in [0.1, 0.15) is 17.2 Å². The molecule has 4 aromatic rings. The van der Waals surface area contributed by atoms with Gasteiger partial charge in [0.2, 0.25) is 11.9 Å². The number of guanidine groups is 1. The Morgan fingerprint density at radius 1 is 0.850 bits per heavy atom. The normalized spacial score (nSPS) is 17.7. The van der Waals surface area contributed by atoms with E-state index in [2.05, 4.69) is 41.3 Å². The number of fused-ring (bicyclic) bond motifs is 2.